The summed E-state index contributed by atoms with van der Waals surface area (Å²) in [5, 5.41) is 9.80. The van der Waals surface area contributed by atoms with Crippen LogP contribution in [0.3, 0.4) is 0 Å². The Balaban J connectivity index is 1.19. The molecule has 5 heteroatoms. The third-order valence-corrected chi connectivity index (χ3v) is 15.0. The molecule has 11 aromatic rings. The van der Waals surface area contributed by atoms with Crippen molar-refractivity contribution in [3.8, 4) is 39.1 Å². The van der Waals surface area contributed by atoms with Crippen LogP contribution >= 0.6 is 0 Å². The van der Waals surface area contributed by atoms with E-state index in [1.54, 1.807) is 0 Å². The predicted octanol–water partition coefficient (Wildman–Crippen LogP) is 15.1. The monoisotopic (exact) mass is 854 g/mol. The second-order valence-corrected chi connectivity index (χ2v) is 21.4. The molecule has 0 radical (unpaired) electrons. The Bertz CT molecular complexity index is 3850. The lowest BCUT2D eigenvalue weighted by atomic mass is 9.58. The zero-order valence-electron chi connectivity index (χ0n) is 38.9. The van der Waals surface area contributed by atoms with Gasteiger partial charge in [0.15, 0.2) is 7.28 Å². The maximum Gasteiger partial charge on any atom is 0.198 e. The number of para-hydroxylation sites is 1. The molecule has 320 valence electrons. The normalized spacial score (nSPS) is 14.0. The Kier molecular flexibility index (Phi) is 7.96. The third kappa shape index (κ3) is 5.52. The van der Waals surface area contributed by atoms with Gasteiger partial charge in [0.05, 0.1) is 22.7 Å². The Labute approximate surface area is 386 Å². The lowest BCUT2D eigenvalue weighted by Gasteiger charge is -2.26. The van der Waals surface area contributed by atoms with Gasteiger partial charge in [-0.25, -0.2) is 0 Å². The molecular formula is C61H51BN2O2. The summed E-state index contributed by atoms with van der Waals surface area (Å²) in [6, 6.07) is 54.0. The molecule has 3 aromatic heterocycles. The van der Waals surface area contributed by atoms with Crippen LogP contribution < -0.4 is 16.2 Å². The zero-order chi connectivity index (χ0) is 45.0. The number of fused-ring (bicyclic) bond motifs is 13. The summed E-state index contributed by atoms with van der Waals surface area (Å²) in [5.74, 6) is 0. The first-order chi connectivity index (χ1) is 31.7. The van der Waals surface area contributed by atoms with Crippen molar-refractivity contribution in [3.63, 3.8) is 0 Å². The van der Waals surface area contributed by atoms with E-state index in [0.717, 1.165) is 68.3 Å². The van der Waals surface area contributed by atoms with Crippen LogP contribution in [0.5, 0.6) is 0 Å². The molecule has 8 aromatic carbocycles. The van der Waals surface area contributed by atoms with E-state index >= 15 is 0 Å². The minimum atomic E-state index is -0.185. The molecule has 1 aliphatic carbocycles. The number of aromatic nitrogens is 1. The Morgan fingerprint density at radius 3 is 2.09 bits per heavy atom. The number of hydrogen-bond donors (Lipinski definition) is 1. The van der Waals surface area contributed by atoms with Crippen LogP contribution in [0.25, 0.3) is 93.8 Å². The molecule has 13 rings (SSSR count). The number of rotatable bonds is 4. The molecular weight excluding hydrogens is 803 g/mol. The van der Waals surface area contributed by atoms with Crippen LogP contribution in [0, 0.1) is 0 Å². The van der Waals surface area contributed by atoms with Gasteiger partial charge in [-0.2, -0.15) is 0 Å². The quantitative estimate of drug-likeness (QED) is 0.179. The van der Waals surface area contributed by atoms with Crippen molar-refractivity contribution in [1.82, 2.24) is 4.57 Å². The summed E-state index contributed by atoms with van der Waals surface area (Å²) < 4.78 is 16.3. The Hall–Kier alpha value is -7.24. The van der Waals surface area contributed by atoms with Crippen molar-refractivity contribution in [2.45, 2.75) is 71.6 Å². The minimum Gasteiger partial charge on any atom is -0.464 e. The van der Waals surface area contributed by atoms with E-state index < -0.39 is 0 Å². The fourth-order valence-corrected chi connectivity index (χ4v) is 11.5. The fourth-order valence-electron chi connectivity index (χ4n) is 11.5. The highest BCUT2D eigenvalue weighted by Gasteiger charge is 2.38. The van der Waals surface area contributed by atoms with Gasteiger partial charge >= 0.3 is 0 Å². The molecule has 4 heterocycles. The first kappa shape index (κ1) is 39.2. The standard InChI is InChI=1S/C61H51BN2O2/c1-59(2,3)35-22-25-37(26-23-35)63-48-31-46-40(38-18-12-14-20-45(38)61(46,7)8)29-42(48)53-54-39-19-13-15-21-51(39)66-58(54)55-43-28-36(60(4,5)6)24-27-49(43)64-50-30-41-44(34-16-10-9-11-17-34)33-65-52(41)32-47(50)62-56(53)57(55)64/h9-33,62-63H,1-8H3. The summed E-state index contributed by atoms with van der Waals surface area (Å²) in [6.45, 7) is 18.5. The Morgan fingerprint density at radius 2 is 1.30 bits per heavy atom. The largest absolute Gasteiger partial charge is 0.464 e. The van der Waals surface area contributed by atoms with E-state index in [-0.39, 0.29) is 16.2 Å². The molecule has 0 atom stereocenters. The van der Waals surface area contributed by atoms with E-state index in [4.69, 9.17) is 8.83 Å². The molecule has 4 nitrogen and oxygen atoms in total. The van der Waals surface area contributed by atoms with Crippen LogP contribution in [0.4, 0.5) is 11.4 Å². The van der Waals surface area contributed by atoms with Gasteiger partial charge in [-0.15, -0.1) is 0 Å². The van der Waals surface area contributed by atoms with Crippen molar-refractivity contribution in [2.24, 2.45) is 0 Å². The highest BCUT2D eigenvalue weighted by Crippen LogP contribution is 2.54. The number of furan rings is 2. The molecule has 0 saturated carbocycles. The number of nitrogens with one attached hydrogen (secondary N) is 1. The molecule has 1 N–H and O–H groups in total. The molecule has 0 unspecified atom stereocenters. The van der Waals surface area contributed by atoms with Gasteiger partial charge in [0.25, 0.3) is 0 Å². The van der Waals surface area contributed by atoms with Crippen LogP contribution in [-0.4, -0.2) is 11.8 Å². The molecule has 1 aliphatic heterocycles. The fraction of sp³-hybridized carbons (Fsp3) is 0.180. The first-order valence-electron chi connectivity index (χ1n) is 23.4. The summed E-state index contributed by atoms with van der Waals surface area (Å²) in [7, 11) is 0.718. The maximum absolute atomic E-state index is 7.26. The maximum atomic E-state index is 7.26. The Morgan fingerprint density at radius 1 is 0.576 bits per heavy atom. The summed E-state index contributed by atoms with van der Waals surface area (Å²) in [4.78, 5) is 0. The van der Waals surface area contributed by atoms with Crippen LogP contribution in [0.15, 0.2) is 161 Å². The van der Waals surface area contributed by atoms with Gasteiger partial charge in [-0.3, -0.25) is 0 Å². The topological polar surface area (TPSA) is 43.2 Å². The molecule has 0 spiro atoms. The average molecular weight is 855 g/mol. The summed E-state index contributed by atoms with van der Waals surface area (Å²) in [6.07, 6.45) is 1.93. The van der Waals surface area contributed by atoms with Gasteiger partial charge in [0.2, 0.25) is 0 Å². The lowest BCUT2D eigenvalue weighted by Crippen LogP contribution is -2.37. The smallest absolute Gasteiger partial charge is 0.198 e. The van der Waals surface area contributed by atoms with Crippen LogP contribution in [0.2, 0.25) is 0 Å². The van der Waals surface area contributed by atoms with Crippen molar-refractivity contribution in [2.75, 3.05) is 5.32 Å². The second kappa shape index (κ2) is 13.4. The zero-order valence-corrected chi connectivity index (χ0v) is 38.9. The predicted molar refractivity (Wildman–Crippen MR) is 280 cm³/mol. The van der Waals surface area contributed by atoms with Crippen LogP contribution in [0.1, 0.15) is 77.6 Å². The first-order valence-corrected chi connectivity index (χ1v) is 23.4. The SMILES string of the molecule is CC(C)(C)c1ccc(Nc2cc3c(cc2-c2c4c5c(c6cc(C(C)(C)C)ccc6n5-c5cc6c(-c7ccccc7)coc6cc5B4)c4oc5ccccc5c24)-c2ccccc2C3(C)C)cc1. The van der Waals surface area contributed by atoms with E-state index in [0.29, 0.717) is 0 Å². The molecule has 0 fully saturated rings. The molecule has 0 bridgehead atoms. The van der Waals surface area contributed by atoms with E-state index in [1.807, 2.05) is 6.26 Å². The average Bonchev–Trinajstić information content (AvgIpc) is 4.05. The number of benzene rings is 8. The molecule has 66 heavy (non-hydrogen) atoms. The number of anilines is 2. The number of hydrogen-bond acceptors (Lipinski definition) is 3. The van der Waals surface area contributed by atoms with Gasteiger partial charge in [-0.1, -0.05) is 152 Å². The highest BCUT2D eigenvalue weighted by atomic mass is 16.3. The lowest BCUT2D eigenvalue weighted by molar-refractivity contribution is 0.590. The summed E-state index contributed by atoms with van der Waals surface area (Å²) in [5.41, 5.74) is 23.2. The molecule has 2 aliphatic rings. The minimum absolute atomic E-state index is 0.0474. The van der Waals surface area contributed by atoms with E-state index in [1.165, 1.54) is 77.4 Å². The van der Waals surface area contributed by atoms with E-state index in [2.05, 4.69) is 211 Å². The summed E-state index contributed by atoms with van der Waals surface area (Å²) >= 11 is 0. The highest BCUT2D eigenvalue weighted by molar-refractivity contribution is 6.74. The van der Waals surface area contributed by atoms with E-state index in [9.17, 15) is 0 Å². The van der Waals surface area contributed by atoms with Crippen molar-refractivity contribution in [1.29, 1.82) is 0 Å². The second-order valence-electron chi connectivity index (χ2n) is 21.4. The van der Waals surface area contributed by atoms with Gasteiger partial charge < -0.3 is 18.7 Å². The third-order valence-electron chi connectivity index (χ3n) is 15.0. The van der Waals surface area contributed by atoms with Crippen molar-refractivity contribution in [3.05, 3.63) is 174 Å². The van der Waals surface area contributed by atoms with Gasteiger partial charge in [0, 0.05) is 55.1 Å². The van der Waals surface area contributed by atoms with Gasteiger partial charge in [-0.05, 0) is 115 Å². The van der Waals surface area contributed by atoms with Crippen molar-refractivity contribution >= 4 is 84.3 Å². The molecule has 0 saturated heterocycles. The van der Waals surface area contributed by atoms with Crippen molar-refractivity contribution < 1.29 is 8.83 Å². The number of nitrogens with zero attached hydrogens (tertiary/aromatic N) is 1. The van der Waals surface area contributed by atoms with Crippen LogP contribution in [-0.2, 0) is 16.2 Å². The molecule has 0 amide bonds. The van der Waals surface area contributed by atoms with Gasteiger partial charge in [0.1, 0.15) is 16.7 Å².